The van der Waals surface area contributed by atoms with Crippen LogP contribution in [0.25, 0.3) is 0 Å². The minimum absolute atomic E-state index is 0.166. The van der Waals surface area contributed by atoms with Gasteiger partial charge in [-0.25, -0.2) is 4.39 Å². The Kier molecular flexibility index (Phi) is 3.27. The van der Waals surface area contributed by atoms with Crippen LogP contribution < -0.4 is 0 Å². The van der Waals surface area contributed by atoms with Gasteiger partial charge in [-0.2, -0.15) is 0 Å². The quantitative estimate of drug-likeness (QED) is 0.732. The van der Waals surface area contributed by atoms with Crippen molar-refractivity contribution in [2.75, 3.05) is 6.54 Å². The van der Waals surface area contributed by atoms with Crippen LogP contribution in [0, 0.1) is 12.7 Å². The van der Waals surface area contributed by atoms with E-state index in [9.17, 15) is 9.18 Å². The van der Waals surface area contributed by atoms with Crippen LogP contribution in [-0.2, 0) is 0 Å². The normalized spacial score (nSPS) is 14.5. The Hall–Kier alpha value is -1.64. The van der Waals surface area contributed by atoms with Crippen LogP contribution in [0.4, 0.5) is 4.39 Å². The highest BCUT2D eigenvalue weighted by atomic mass is 19.1. The topological polar surface area (TPSA) is 20.3 Å². The summed E-state index contributed by atoms with van der Waals surface area (Å²) in [6, 6.07) is 4.89. The van der Waals surface area contributed by atoms with Gasteiger partial charge in [0.1, 0.15) is 5.82 Å². The smallest absolute Gasteiger partial charge is 0.257 e. The van der Waals surface area contributed by atoms with Crippen molar-refractivity contribution < 1.29 is 9.18 Å². The predicted octanol–water partition coefficient (Wildman–Crippen LogP) is 2.92. The van der Waals surface area contributed by atoms with Crippen LogP contribution in [0.15, 0.2) is 30.9 Å². The van der Waals surface area contributed by atoms with Gasteiger partial charge < -0.3 is 4.90 Å². The van der Waals surface area contributed by atoms with Gasteiger partial charge >= 0.3 is 0 Å². The molecule has 90 valence electrons. The molecule has 0 aliphatic heterocycles. The number of halogens is 1. The van der Waals surface area contributed by atoms with Gasteiger partial charge in [0, 0.05) is 12.6 Å². The molecule has 2 rings (SSSR count). The third kappa shape index (κ3) is 2.54. The van der Waals surface area contributed by atoms with Crippen molar-refractivity contribution in [1.82, 2.24) is 4.90 Å². The summed E-state index contributed by atoms with van der Waals surface area (Å²) in [5, 5.41) is 0. The molecule has 1 aliphatic rings. The summed E-state index contributed by atoms with van der Waals surface area (Å²) < 4.78 is 13.6. The first-order chi connectivity index (χ1) is 8.13. The molecule has 0 radical (unpaired) electrons. The van der Waals surface area contributed by atoms with Crippen molar-refractivity contribution in [2.24, 2.45) is 0 Å². The Labute approximate surface area is 101 Å². The second kappa shape index (κ2) is 4.70. The summed E-state index contributed by atoms with van der Waals surface area (Å²) in [6.45, 7) is 5.97. The van der Waals surface area contributed by atoms with E-state index in [-0.39, 0.29) is 17.5 Å². The van der Waals surface area contributed by atoms with Crippen molar-refractivity contribution in [3.8, 4) is 0 Å². The molecular weight excluding hydrogens is 217 g/mol. The minimum atomic E-state index is -0.449. The molecule has 3 heteroatoms. The summed E-state index contributed by atoms with van der Waals surface area (Å²) in [5.41, 5.74) is 1.06. The third-order valence-corrected chi connectivity index (χ3v) is 2.93. The van der Waals surface area contributed by atoms with Gasteiger partial charge in [-0.15, -0.1) is 6.58 Å². The van der Waals surface area contributed by atoms with Gasteiger partial charge in [-0.1, -0.05) is 17.7 Å². The van der Waals surface area contributed by atoms with E-state index in [1.807, 2.05) is 6.92 Å². The molecule has 2 nitrogen and oxygen atoms in total. The molecule has 0 atom stereocenters. The van der Waals surface area contributed by atoms with Crippen molar-refractivity contribution in [2.45, 2.75) is 25.8 Å². The van der Waals surface area contributed by atoms with Crippen molar-refractivity contribution in [1.29, 1.82) is 0 Å². The van der Waals surface area contributed by atoms with Gasteiger partial charge in [-0.3, -0.25) is 4.79 Å². The first-order valence-corrected chi connectivity index (χ1v) is 5.81. The molecule has 1 aliphatic carbocycles. The van der Waals surface area contributed by atoms with E-state index in [1.165, 1.54) is 6.07 Å². The Morgan fingerprint density at radius 3 is 2.88 bits per heavy atom. The fourth-order valence-electron chi connectivity index (χ4n) is 1.88. The van der Waals surface area contributed by atoms with Gasteiger partial charge in [0.25, 0.3) is 5.91 Å². The number of benzene rings is 1. The molecule has 0 bridgehead atoms. The second-order valence-electron chi connectivity index (χ2n) is 4.46. The predicted molar refractivity (Wildman–Crippen MR) is 65.4 cm³/mol. The van der Waals surface area contributed by atoms with E-state index >= 15 is 0 Å². The summed E-state index contributed by atoms with van der Waals surface area (Å²) in [6.07, 6.45) is 3.70. The van der Waals surface area contributed by atoms with Crippen molar-refractivity contribution >= 4 is 5.91 Å². The monoisotopic (exact) mass is 233 g/mol. The van der Waals surface area contributed by atoms with Crippen LogP contribution in [0.5, 0.6) is 0 Å². The number of nitrogens with zero attached hydrogens (tertiary/aromatic N) is 1. The molecule has 1 saturated carbocycles. The van der Waals surface area contributed by atoms with E-state index < -0.39 is 5.82 Å². The SMILES string of the molecule is C=CCN(C(=O)c1cc(C)ccc1F)C1CC1. The lowest BCUT2D eigenvalue weighted by molar-refractivity contribution is 0.0758. The highest BCUT2D eigenvalue weighted by Crippen LogP contribution is 2.28. The largest absolute Gasteiger partial charge is 0.332 e. The highest BCUT2D eigenvalue weighted by molar-refractivity contribution is 5.95. The second-order valence-corrected chi connectivity index (χ2v) is 4.46. The molecule has 0 saturated heterocycles. The van der Waals surface area contributed by atoms with E-state index in [1.54, 1.807) is 23.1 Å². The fourth-order valence-corrected chi connectivity index (χ4v) is 1.88. The number of hydrogen-bond acceptors (Lipinski definition) is 1. The zero-order valence-electron chi connectivity index (χ0n) is 9.95. The van der Waals surface area contributed by atoms with Gasteiger partial charge in [-0.05, 0) is 31.9 Å². The number of carbonyl (C=O) groups is 1. The Balaban J connectivity index is 2.27. The molecule has 0 aromatic heterocycles. The van der Waals surface area contributed by atoms with Crippen molar-refractivity contribution in [3.63, 3.8) is 0 Å². The number of carbonyl (C=O) groups excluding carboxylic acids is 1. The zero-order valence-corrected chi connectivity index (χ0v) is 9.95. The first kappa shape index (κ1) is 11.8. The first-order valence-electron chi connectivity index (χ1n) is 5.81. The standard InChI is InChI=1S/C14H16FNO/c1-3-8-16(11-5-6-11)14(17)12-9-10(2)4-7-13(12)15/h3-4,7,9,11H,1,5-6,8H2,2H3. The van der Waals surface area contributed by atoms with E-state index in [0.29, 0.717) is 6.54 Å². The molecule has 17 heavy (non-hydrogen) atoms. The maximum atomic E-state index is 13.6. The molecule has 0 unspecified atom stereocenters. The van der Waals surface area contributed by atoms with E-state index in [2.05, 4.69) is 6.58 Å². The summed E-state index contributed by atoms with van der Waals surface area (Å²) in [4.78, 5) is 13.9. The molecule has 0 spiro atoms. The molecule has 1 amide bonds. The summed E-state index contributed by atoms with van der Waals surface area (Å²) in [5.74, 6) is -0.677. The average molecular weight is 233 g/mol. The number of rotatable bonds is 4. The Bertz CT molecular complexity index is 452. The molecule has 1 aromatic carbocycles. The Morgan fingerprint density at radius 2 is 2.29 bits per heavy atom. The van der Waals surface area contributed by atoms with Gasteiger partial charge in [0.2, 0.25) is 0 Å². The van der Waals surface area contributed by atoms with E-state index in [0.717, 1.165) is 18.4 Å². The summed E-state index contributed by atoms with van der Waals surface area (Å²) in [7, 11) is 0. The molecule has 0 N–H and O–H groups in total. The molecular formula is C14H16FNO. The van der Waals surface area contributed by atoms with Crippen LogP contribution in [0.1, 0.15) is 28.8 Å². The lowest BCUT2D eigenvalue weighted by atomic mass is 10.1. The Morgan fingerprint density at radius 1 is 1.59 bits per heavy atom. The van der Waals surface area contributed by atoms with Crippen LogP contribution in [0.3, 0.4) is 0 Å². The van der Waals surface area contributed by atoms with Crippen LogP contribution in [-0.4, -0.2) is 23.4 Å². The van der Waals surface area contributed by atoms with Crippen LogP contribution in [0.2, 0.25) is 0 Å². The number of aryl methyl sites for hydroxylation is 1. The number of amides is 1. The average Bonchev–Trinajstić information content (AvgIpc) is 3.12. The van der Waals surface area contributed by atoms with Crippen LogP contribution >= 0.6 is 0 Å². The third-order valence-electron chi connectivity index (χ3n) is 2.93. The maximum absolute atomic E-state index is 13.6. The highest BCUT2D eigenvalue weighted by Gasteiger charge is 2.33. The maximum Gasteiger partial charge on any atom is 0.257 e. The van der Waals surface area contributed by atoms with Gasteiger partial charge in [0.05, 0.1) is 5.56 Å². The van der Waals surface area contributed by atoms with E-state index in [4.69, 9.17) is 0 Å². The lowest BCUT2D eigenvalue weighted by Crippen LogP contribution is -2.33. The number of hydrogen-bond donors (Lipinski definition) is 0. The van der Waals surface area contributed by atoms with Gasteiger partial charge in [0.15, 0.2) is 0 Å². The minimum Gasteiger partial charge on any atom is -0.332 e. The van der Waals surface area contributed by atoms with Crippen molar-refractivity contribution in [3.05, 3.63) is 47.8 Å². The summed E-state index contributed by atoms with van der Waals surface area (Å²) >= 11 is 0. The lowest BCUT2D eigenvalue weighted by Gasteiger charge is -2.21. The molecule has 0 heterocycles. The zero-order chi connectivity index (χ0) is 12.4. The fraction of sp³-hybridized carbons (Fsp3) is 0.357. The molecule has 1 aromatic rings. The molecule has 1 fully saturated rings.